The molecule has 1 heterocycles. The molecule has 12 heteroatoms. The maximum atomic E-state index is 12.2. The van der Waals surface area contributed by atoms with E-state index < -0.39 is 24.7 Å². The Hall–Kier alpha value is -3.05. The van der Waals surface area contributed by atoms with Gasteiger partial charge in [-0.15, -0.1) is 10.2 Å². The molecule has 3 rings (SSSR count). The normalized spacial score (nSPS) is 11.3. The minimum Gasteiger partial charge on any atom is -0.329 e. The highest BCUT2D eigenvalue weighted by atomic mass is 35.5. The molecule has 7 nitrogen and oxygen atoms in total. The van der Waals surface area contributed by atoms with Gasteiger partial charge in [0.25, 0.3) is 0 Å². The fourth-order valence-electron chi connectivity index (χ4n) is 2.67. The second kappa shape index (κ2) is 10.0. The van der Waals surface area contributed by atoms with E-state index in [1.54, 1.807) is 34.1 Å². The zero-order valence-corrected chi connectivity index (χ0v) is 18.2. The van der Waals surface area contributed by atoms with Crippen molar-refractivity contribution in [1.29, 1.82) is 0 Å². The highest BCUT2D eigenvalue weighted by Crippen LogP contribution is 2.29. The van der Waals surface area contributed by atoms with Crippen LogP contribution in [0.1, 0.15) is 5.56 Å². The number of nitrogens with zero attached hydrogens (tertiary/aromatic N) is 3. The molecular weight excluding hydrogens is 467 g/mol. The van der Waals surface area contributed by atoms with Gasteiger partial charge in [-0.05, 0) is 48.9 Å². The third-order valence-corrected chi connectivity index (χ3v) is 5.21. The van der Waals surface area contributed by atoms with E-state index in [0.29, 0.717) is 16.0 Å². The minimum absolute atomic E-state index is 0.260. The third-order valence-electron chi connectivity index (χ3n) is 4.03. The van der Waals surface area contributed by atoms with E-state index in [4.69, 9.17) is 11.6 Å². The molecule has 0 bridgehead atoms. The number of hydrogen-bond acceptors (Lipinski definition) is 5. The Kier molecular flexibility index (Phi) is 7.41. The lowest BCUT2D eigenvalue weighted by Crippen LogP contribution is -2.43. The molecule has 168 valence electrons. The summed E-state index contributed by atoms with van der Waals surface area (Å²) in [7, 11) is 0. The van der Waals surface area contributed by atoms with Gasteiger partial charge in [0.15, 0.2) is 11.0 Å². The van der Waals surface area contributed by atoms with Crippen molar-refractivity contribution >= 4 is 35.3 Å². The van der Waals surface area contributed by atoms with Crippen LogP contribution in [0.4, 0.5) is 18.0 Å². The molecule has 0 saturated carbocycles. The number of alkyl halides is 3. The van der Waals surface area contributed by atoms with E-state index >= 15 is 0 Å². The van der Waals surface area contributed by atoms with Crippen LogP contribution in [-0.4, -0.2) is 45.2 Å². The molecule has 0 spiro atoms. The number of imide groups is 1. The summed E-state index contributed by atoms with van der Waals surface area (Å²) in [6.07, 6.45) is -4.57. The summed E-state index contributed by atoms with van der Waals surface area (Å²) in [5.41, 5.74) is 2.49. The zero-order valence-electron chi connectivity index (χ0n) is 16.6. The van der Waals surface area contributed by atoms with Gasteiger partial charge in [-0.3, -0.25) is 14.7 Å². The van der Waals surface area contributed by atoms with Gasteiger partial charge in [0.05, 0.1) is 5.75 Å². The lowest BCUT2D eigenvalue weighted by molar-refractivity contribution is -0.124. The summed E-state index contributed by atoms with van der Waals surface area (Å²) < 4.78 is 38.2. The topological polar surface area (TPSA) is 88.9 Å². The standard InChI is InChI=1S/C20H17ClF3N5O2S/c1-12-3-2-4-15(9-12)29-17(13-5-7-14(21)8-6-13)27-28-19(29)32-10-16(30)26-18(31)25-11-20(22,23)24/h2-9H,10-11H2,1H3,(H2,25,26,30,31). The third kappa shape index (κ3) is 6.47. The lowest BCUT2D eigenvalue weighted by atomic mass is 10.2. The Balaban J connectivity index is 1.79. The van der Waals surface area contributed by atoms with Crippen LogP contribution in [0.25, 0.3) is 17.1 Å². The molecular formula is C20H17ClF3N5O2S. The fraction of sp³-hybridized carbons (Fsp3) is 0.200. The molecule has 0 aliphatic rings. The van der Waals surface area contributed by atoms with Crippen molar-refractivity contribution in [2.45, 2.75) is 18.3 Å². The largest absolute Gasteiger partial charge is 0.405 e. The van der Waals surface area contributed by atoms with Crippen LogP contribution >= 0.6 is 23.4 Å². The quantitative estimate of drug-likeness (QED) is 0.508. The van der Waals surface area contributed by atoms with Crippen molar-refractivity contribution in [2.24, 2.45) is 0 Å². The van der Waals surface area contributed by atoms with Crippen molar-refractivity contribution in [3.8, 4) is 17.1 Å². The Morgan fingerprint density at radius 3 is 2.50 bits per heavy atom. The molecule has 0 aliphatic heterocycles. The predicted molar refractivity (Wildman–Crippen MR) is 115 cm³/mol. The number of carbonyl (C=O) groups is 2. The molecule has 2 aromatic carbocycles. The molecule has 32 heavy (non-hydrogen) atoms. The molecule has 0 atom stereocenters. The minimum atomic E-state index is -4.57. The number of amides is 3. The summed E-state index contributed by atoms with van der Waals surface area (Å²) in [6, 6.07) is 13.3. The molecule has 1 aromatic heterocycles. The molecule has 0 aliphatic carbocycles. The first-order valence-electron chi connectivity index (χ1n) is 9.18. The summed E-state index contributed by atoms with van der Waals surface area (Å²) in [6.45, 7) is 0.390. The van der Waals surface area contributed by atoms with Crippen molar-refractivity contribution in [3.05, 3.63) is 59.1 Å². The Morgan fingerprint density at radius 2 is 1.84 bits per heavy atom. The second-order valence-electron chi connectivity index (χ2n) is 6.62. The number of aromatic nitrogens is 3. The second-order valence-corrected chi connectivity index (χ2v) is 8.00. The molecule has 0 radical (unpaired) electrons. The molecule has 2 N–H and O–H groups in total. The average Bonchev–Trinajstić information content (AvgIpc) is 3.15. The van der Waals surface area contributed by atoms with Crippen LogP contribution in [0.15, 0.2) is 53.7 Å². The van der Waals surface area contributed by atoms with Gasteiger partial charge >= 0.3 is 12.2 Å². The number of carbonyl (C=O) groups excluding carboxylic acids is 2. The van der Waals surface area contributed by atoms with Crippen LogP contribution in [0.2, 0.25) is 5.02 Å². The van der Waals surface area contributed by atoms with Gasteiger partial charge in [0, 0.05) is 16.3 Å². The van der Waals surface area contributed by atoms with E-state index in [2.05, 4.69) is 10.2 Å². The van der Waals surface area contributed by atoms with Crippen LogP contribution in [0.3, 0.4) is 0 Å². The number of nitrogens with one attached hydrogen (secondary N) is 2. The average molecular weight is 484 g/mol. The first-order chi connectivity index (χ1) is 15.1. The predicted octanol–water partition coefficient (Wildman–Crippen LogP) is 4.38. The maximum absolute atomic E-state index is 12.2. The van der Waals surface area contributed by atoms with Gasteiger partial charge in [-0.1, -0.05) is 35.5 Å². The monoisotopic (exact) mass is 483 g/mol. The number of rotatable bonds is 6. The SMILES string of the molecule is Cc1cccc(-n2c(SCC(=O)NC(=O)NCC(F)(F)F)nnc2-c2ccc(Cl)cc2)c1. The van der Waals surface area contributed by atoms with E-state index in [0.717, 1.165) is 28.6 Å². The van der Waals surface area contributed by atoms with Crippen LogP contribution in [0, 0.1) is 6.92 Å². The van der Waals surface area contributed by atoms with Gasteiger partial charge in [0.2, 0.25) is 5.91 Å². The van der Waals surface area contributed by atoms with E-state index in [1.807, 2.05) is 36.5 Å². The zero-order chi connectivity index (χ0) is 23.3. The van der Waals surface area contributed by atoms with E-state index in [9.17, 15) is 22.8 Å². The van der Waals surface area contributed by atoms with Crippen LogP contribution < -0.4 is 10.6 Å². The van der Waals surface area contributed by atoms with Crippen molar-refractivity contribution in [1.82, 2.24) is 25.4 Å². The number of thioether (sulfide) groups is 1. The Bertz CT molecular complexity index is 1120. The van der Waals surface area contributed by atoms with Crippen molar-refractivity contribution in [2.75, 3.05) is 12.3 Å². The molecule has 0 unspecified atom stereocenters. The molecule has 0 saturated heterocycles. The number of aryl methyl sites for hydroxylation is 1. The van der Waals surface area contributed by atoms with Gasteiger partial charge in [-0.2, -0.15) is 13.2 Å². The first kappa shape index (κ1) is 23.6. The maximum Gasteiger partial charge on any atom is 0.405 e. The Morgan fingerprint density at radius 1 is 1.12 bits per heavy atom. The number of benzene rings is 2. The molecule has 3 aromatic rings. The van der Waals surface area contributed by atoms with Gasteiger partial charge in [-0.25, -0.2) is 4.79 Å². The number of hydrogen-bond donors (Lipinski definition) is 2. The van der Waals surface area contributed by atoms with E-state index in [1.165, 1.54) is 0 Å². The highest BCUT2D eigenvalue weighted by Gasteiger charge is 2.28. The molecule has 3 amide bonds. The fourth-order valence-corrected chi connectivity index (χ4v) is 3.54. The van der Waals surface area contributed by atoms with Gasteiger partial charge in [0.1, 0.15) is 6.54 Å². The summed E-state index contributed by atoms with van der Waals surface area (Å²) in [4.78, 5) is 23.5. The van der Waals surface area contributed by atoms with Crippen LogP contribution in [-0.2, 0) is 4.79 Å². The summed E-state index contributed by atoms with van der Waals surface area (Å²) >= 11 is 6.96. The first-order valence-corrected chi connectivity index (χ1v) is 10.5. The van der Waals surface area contributed by atoms with Crippen molar-refractivity contribution in [3.63, 3.8) is 0 Å². The summed E-state index contributed by atoms with van der Waals surface area (Å²) in [5.74, 6) is -0.524. The number of halogens is 4. The van der Waals surface area contributed by atoms with E-state index in [-0.39, 0.29) is 5.75 Å². The Labute approximate surface area is 190 Å². The number of urea groups is 1. The van der Waals surface area contributed by atoms with Crippen LogP contribution in [0.5, 0.6) is 0 Å². The lowest BCUT2D eigenvalue weighted by Gasteiger charge is -2.11. The smallest absolute Gasteiger partial charge is 0.329 e. The highest BCUT2D eigenvalue weighted by molar-refractivity contribution is 7.99. The van der Waals surface area contributed by atoms with Crippen molar-refractivity contribution < 1.29 is 22.8 Å². The van der Waals surface area contributed by atoms with Gasteiger partial charge < -0.3 is 5.32 Å². The molecule has 0 fully saturated rings. The summed E-state index contributed by atoms with van der Waals surface area (Å²) in [5, 5.41) is 12.7.